The van der Waals surface area contributed by atoms with Crippen molar-refractivity contribution in [3.8, 4) is 0 Å². The summed E-state index contributed by atoms with van der Waals surface area (Å²) in [5.74, 6) is 0.193. The number of halogens is 3. The van der Waals surface area contributed by atoms with Gasteiger partial charge in [0.1, 0.15) is 28.6 Å². The Morgan fingerprint density at radius 1 is 1.08 bits per heavy atom. The Morgan fingerprint density at radius 2 is 1.84 bits per heavy atom. The van der Waals surface area contributed by atoms with Crippen LogP contribution < -0.4 is 9.80 Å². The zero-order valence-electron chi connectivity index (χ0n) is 19.9. The maximum atomic E-state index is 13.6. The van der Waals surface area contributed by atoms with Gasteiger partial charge >= 0.3 is 12.2 Å². The van der Waals surface area contributed by atoms with Crippen molar-refractivity contribution in [3.63, 3.8) is 0 Å². The summed E-state index contributed by atoms with van der Waals surface area (Å²) in [5.41, 5.74) is -0.818. The number of amides is 3. The molecular formula is C23H23F3N8O3. The predicted octanol–water partition coefficient (Wildman–Crippen LogP) is 2.64. The van der Waals surface area contributed by atoms with E-state index >= 15 is 0 Å². The minimum Gasteiger partial charge on any atom is -0.377 e. The first-order valence-electron chi connectivity index (χ1n) is 12.0. The molecule has 1 spiro atoms. The lowest BCUT2D eigenvalue weighted by Gasteiger charge is -2.42. The van der Waals surface area contributed by atoms with E-state index in [1.165, 1.54) is 4.90 Å². The van der Waals surface area contributed by atoms with Gasteiger partial charge in [-0.2, -0.15) is 18.3 Å². The van der Waals surface area contributed by atoms with E-state index in [4.69, 9.17) is 9.72 Å². The van der Waals surface area contributed by atoms with Crippen LogP contribution in [0.5, 0.6) is 0 Å². The molecule has 3 saturated heterocycles. The number of urea groups is 1. The number of hydrogen-bond donors (Lipinski definition) is 0. The Kier molecular flexibility index (Phi) is 5.33. The van der Waals surface area contributed by atoms with Gasteiger partial charge in [0.25, 0.3) is 5.91 Å². The van der Waals surface area contributed by atoms with Gasteiger partial charge in [-0.3, -0.25) is 4.79 Å². The second-order valence-electron chi connectivity index (χ2n) is 9.30. The van der Waals surface area contributed by atoms with Gasteiger partial charge in [0.2, 0.25) is 0 Å². The van der Waals surface area contributed by atoms with Gasteiger partial charge in [0, 0.05) is 19.6 Å². The van der Waals surface area contributed by atoms with Gasteiger partial charge in [-0.1, -0.05) is 0 Å². The summed E-state index contributed by atoms with van der Waals surface area (Å²) in [6.45, 7) is 4.08. The molecule has 3 amide bonds. The molecular weight excluding hydrogens is 493 g/mol. The smallest absolute Gasteiger partial charge is 0.377 e. The van der Waals surface area contributed by atoms with Crippen LogP contribution in [0.2, 0.25) is 0 Å². The van der Waals surface area contributed by atoms with Gasteiger partial charge in [0.15, 0.2) is 5.65 Å². The largest absolute Gasteiger partial charge is 0.433 e. The normalized spacial score (nSPS) is 20.4. The minimum absolute atomic E-state index is 0.0188. The number of alkyl halides is 3. The number of carbonyl (C=O) groups is 2. The molecule has 3 fully saturated rings. The number of likely N-dealkylation sites (N-methyl/N-ethyl adjacent to an activating group) is 1. The first kappa shape index (κ1) is 23.6. The number of ether oxygens (including phenoxy) is 1. The van der Waals surface area contributed by atoms with E-state index in [1.54, 1.807) is 19.3 Å². The number of anilines is 2. The number of carbonyl (C=O) groups excluding carboxylic acids is 2. The van der Waals surface area contributed by atoms with Gasteiger partial charge < -0.3 is 14.5 Å². The van der Waals surface area contributed by atoms with Gasteiger partial charge in [-0.15, -0.1) is 0 Å². The fraction of sp³-hybridized carbons (Fsp3) is 0.478. The molecule has 6 heterocycles. The number of imide groups is 1. The quantitative estimate of drug-likeness (QED) is 0.487. The van der Waals surface area contributed by atoms with E-state index in [-0.39, 0.29) is 18.3 Å². The van der Waals surface area contributed by atoms with E-state index in [9.17, 15) is 22.8 Å². The third-order valence-electron chi connectivity index (χ3n) is 7.32. The van der Waals surface area contributed by atoms with Crippen molar-refractivity contribution in [2.24, 2.45) is 0 Å². The highest BCUT2D eigenvalue weighted by Gasteiger charge is 2.58. The number of pyridine rings is 1. The van der Waals surface area contributed by atoms with Crippen molar-refractivity contribution in [1.82, 2.24) is 29.6 Å². The highest BCUT2D eigenvalue weighted by atomic mass is 19.4. The average Bonchev–Trinajstić information content (AvgIpc) is 3.34. The molecule has 194 valence electrons. The monoisotopic (exact) mass is 516 g/mol. The molecule has 3 aliphatic heterocycles. The molecule has 3 aromatic heterocycles. The molecule has 0 saturated carbocycles. The second-order valence-corrected chi connectivity index (χ2v) is 9.30. The maximum absolute atomic E-state index is 13.6. The second kappa shape index (κ2) is 8.36. The van der Waals surface area contributed by atoms with Crippen LogP contribution in [-0.2, 0) is 15.7 Å². The van der Waals surface area contributed by atoms with Crippen molar-refractivity contribution in [3.05, 3.63) is 36.4 Å². The third-order valence-corrected chi connectivity index (χ3v) is 7.32. The van der Waals surface area contributed by atoms with Crippen molar-refractivity contribution < 1.29 is 27.5 Å². The summed E-state index contributed by atoms with van der Waals surface area (Å²) >= 11 is 0. The summed E-state index contributed by atoms with van der Waals surface area (Å²) in [7, 11) is 0. The van der Waals surface area contributed by atoms with Gasteiger partial charge in [-0.05, 0) is 31.9 Å². The van der Waals surface area contributed by atoms with E-state index in [1.807, 2.05) is 9.58 Å². The Morgan fingerprint density at radius 3 is 2.43 bits per heavy atom. The van der Waals surface area contributed by atoms with Crippen molar-refractivity contribution in [2.75, 3.05) is 42.6 Å². The summed E-state index contributed by atoms with van der Waals surface area (Å²) in [5, 5.41) is 4.39. The van der Waals surface area contributed by atoms with E-state index in [0.29, 0.717) is 56.1 Å². The van der Waals surface area contributed by atoms with Crippen LogP contribution in [0.15, 0.2) is 30.7 Å². The van der Waals surface area contributed by atoms with Crippen LogP contribution in [0.4, 0.5) is 29.5 Å². The Bertz CT molecular complexity index is 1360. The lowest BCUT2D eigenvalue weighted by Crippen LogP contribution is -2.56. The molecule has 6 rings (SSSR count). The minimum atomic E-state index is -4.61. The maximum Gasteiger partial charge on any atom is 0.433 e. The fourth-order valence-electron chi connectivity index (χ4n) is 5.25. The van der Waals surface area contributed by atoms with Crippen molar-refractivity contribution >= 4 is 34.6 Å². The molecule has 0 aromatic carbocycles. The Hall–Kier alpha value is -3.81. The summed E-state index contributed by atoms with van der Waals surface area (Å²) in [6, 6.07) is 1.44. The first-order chi connectivity index (χ1) is 17.7. The molecule has 0 atom stereocenters. The van der Waals surface area contributed by atoms with Crippen molar-refractivity contribution in [1.29, 1.82) is 0 Å². The molecule has 14 heteroatoms. The van der Waals surface area contributed by atoms with Crippen LogP contribution in [0.25, 0.3) is 11.2 Å². The van der Waals surface area contributed by atoms with E-state index in [0.717, 1.165) is 23.2 Å². The molecule has 3 aromatic rings. The third kappa shape index (κ3) is 3.61. The molecule has 0 bridgehead atoms. The van der Waals surface area contributed by atoms with Gasteiger partial charge in [-0.25, -0.2) is 29.3 Å². The average molecular weight is 516 g/mol. The zero-order valence-corrected chi connectivity index (χ0v) is 19.9. The van der Waals surface area contributed by atoms with Gasteiger partial charge in [0.05, 0.1) is 37.5 Å². The summed E-state index contributed by atoms with van der Waals surface area (Å²) in [4.78, 5) is 44.0. The molecule has 0 N–H and O–H groups in total. The van der Waals surface area contributed by atoms with E-state index in [2.05, 4.69) is 15.1 Å². The van der Waals surface area contributed by atoms with Crippen LogP contribution >= 0.6 is 0 Å². The molecule has 11 nitrogen and oxygen atoms in total. The number of nitrogens with zero attached hydrogens (tertiary/aromatic N) is 8. The highest BCUT2D eigenvalue weighted by Crippen LogP contribution is 2.40. The molecule has 0 radical (unpaired) electrons. The van der Waals surface area contributed by atoms with Crippen LogP contribution in [-0.4, -0.2) is 80.0 Å². The summed E-state index contributed by atoms with van der Waals surface area (Å²) in [6.07, 6.45) is 0.320. The number of fused-ring (bicyclic) bond motifs is 1. The number of piperidine rings is 1. The fourth-order valence-corrected chi connectivity index (χ4v) is 5.25. The lowest BCUT2D eigenvalue weighted by atomic mass is 9.85. The topological polar surface area (TPSA) is 110 Å². The molecule has 3 aliphatic rings. The number of aromatic nitrogens is 5. The first-order valence-corrected chi connectivity index (χ1v) is 12.0. The van der Waals surface area contributed by atoms with Crippen LogP contribution in [0.3, 0.4) is 0 Å². The number of rotatable bonds is 4. The summed E-state index contributed by atoms with van der Waals surface area (Å²) < 4.78 is 45.9. The highest BCUT2D eigenvalue weighted by molar-refractivity contribution is 6.23. The predicted molar refractivity (Wildman–Crippen MR) is 124 cm³/mol. The lowest BCUT2D eigenvalue weighted by molar-refractivity contribution is -0.141. The molecule has 0 aliphatic carbocycles. The Labute approximate surface area is 208 Å². The Balaban J connectivity index is 1.24. The van der Waals surface area contributed by atoms with Crippen LogP contribution in [0.1, 0.15) is 31.5 Å². The van der Waals surface area contributed by atoms with Crippen LogP contribution in [0, 0.1) is 0 Å². The SMILES string of the molecule is CCN1C(=O)N(c2ccc(C(F)(F)F)nc2)C(=O)C12CCN(c1cnc3cnn(C4COC4)c3n1)CC2. The zero-order chi connectivity index (χ0) is 25.9. The standard InChI is InChI=1S/C23H23F3N8O3/c1-2-32-21(36)33(14-3-4-17(28-9-14)23(24,25)26)20(35)22(32)5-7-31(8-6-22)18-11-27-16-10-29-34(19(16)30-18)15-12-37-13-15/h3-4,9-11,15H,2,5-8,12-13H2,1H3. The van der Waals surface area contributed by atoms with Crippen molar-refractivity contribution in [2.45, 2.75) is 37.5 Å². The number of hydrogen-bond acceptors (Lipinski definition) is 8. The molecule has 37 heavy (non-hydrogen) atoms. The van der Waals surface area contributed by atoms with E-state index < -0.39 is 29.3 Å². The molecule has 0 unspecified atom stereocenters.